The van der Waals surface area contributed by atoms with Gasteiger partial charge in [0.25, 0.3) is 5.91 Å². The minimum atomic E-state index is -0.0318. The van der Waals surface area contributed by atoms with Gasteiger partial charge in [-0.05, 0) is 50.4 Å². The van der Waals surface area contributed by atoms with Crippen LogP contribution in [0.25, 0.3) is 0 Å². The highest BCUT2D eigenvalue weighted by Gasteiger charge is 2.28. The molecule has 4 nitrogen and oxygen atoms in total. The van der Waals surface area contributed by atoms with Gasteiger partial charge in [0.1, 0.15) is 5.75 Å². The molecule has 1 amide bonds. The van der Waals surface area contributed by atoms with Crippen molar-refractivity contribution < 1.29 is 9.53 Å². The summed E-state index contributed by atoms with van der Waals surface area (Å²) in [4.78, 5) is 12.4. The molecule has 1 saturated heterocycles. The quantitative estimate of drug-likeness (QED) is 0.889. The summed E-state index contributed by atoms with van der Waals surface area (Å²) in [7, 11) is 1.62. The topological polar surface area (TPSA) is 50.4 Å². The second-order valence-electron chi connectivity index (χ2n) is 5.69. The molecule has 0 aliphatic carbocycles. The molecule has 3 unspecified atom stereocenters. The van der Waals surface area contributed by atoms with Gasteiger partial charge in [0.2, 0.25) is 0 Å². The Morgan fingerprint density at radius 1 is 1.40 bits per heavy atom. The highest BCUT2D eigenvalue weighted by molar-refractivity contribution is 5.95. The van der Waals surface area contributed by atoms with E-state index in [1.54, 1.807) is 13.2 Å². The number of nitrogens with one attached hydrogen (secondary N) is 2. The van der Waals surface area contributed by atoms with E-state index in [4.69, 9.17) is 4.74 Å². The van der Waals surface area contributed by atoms with Crippen LogP contribution < -0.4 is 15.4 Å². The summed E-state index contributed by atoms with van der Waals surface area (Å²) in [6.07, 6.45) is 1.09. The van der Waals surface area contributed by atoms with Crippen LogP contribution in [0, 0.1) is 12.8 Å². The van der Waals surface area contributed by atoms with Crippen LogP contribution in [-0.2, 0) is 0 Å². The fraction of sp³-hybridized carbons (Fsp3) is 0.562. The van der Waals surface area contributed by atoms with Crippen molar-refractivity contribution in [2.75, 3.05) is 13.7 Å². The summed E-state index contributed by atoms with van der Waals surface area (Å²) < 4.78 is 5.28. The molecule has 4 heteroatoms. The van der Waals surface area contributed by atoms with Crippen LogP contribution in [0.15, 0.2) is 18.2 Å². The molecule has 1 aliphatic heterocycles. The molecule has 1 aromatic rings. The maximum atomic E-state index is 12.4. The van der Waals surface area contributed by atoms with Crippen LogP contribution in [-0.4, -0.2) is 31.6 Å². The van der Waals surface area contributed by atoms with E-state index in [0.29, 0.717) is 17.5 Å². The zero-order chi connectivity index (χ0) is 14.7. The third kappa shape index (κ3) is 3.12. The Kier molecular flexibility index (Phi) is 4.65. The Balaban J connectivity index is 2.11. The lowest BCUT2D eigenvalue weighted by Gasteiger charge is -2.36. The number of benzene rings is 1. The third-order valence-corrected chi connectivity index (χ3v) is 4.19. The lowest BCUT2D eigenvalue weighted by atomic mass is 9.89. The summed E-state index contributed by atoms with van der Waals surface area (Å²) in [5.41, 5.74) is 1.68. The van der Waals surface area contributed by atoms with E-state index >= 15 is 0 Å². The predicted octanol–water partition coefficient (Wildman–Crippen LogP) is 2.12. The molecule has 3 atom stereocenters. The van der Waals surface area contributed by atoms with Crippen molar-refractivity contribution in [3.8, 4) is 5.75 Å². The molecule has 1 aliphatic rings. The Hall–Kier alpha value is -1.55. The first-order valence-corrected chi connectivity index (χ1v) is 7.22. The van der Waals surface area contributed by atoms with Gasteiger partial charge in [-0.3, -0.25) is 4.79 Å². The highest BCUT2D eigenvalue weighted by atomic mass is 16.5. The Labute approximate surface area is 120 Å². The fourth-order valence-corrected chi connectivity index (χ4v) is 2.80. The molecule has 0 aromatic heterocycles. The number of hydrogen-bond donors (Lipinski definition) is 2. The smallest absolute Gasteiger partial charge is 0.251 e. The van der Waals surface area contributed by atoms with Crippen LogP contribution >= 0.6 is 0 Å². The number of hydrogen-bond acceptors (Lipinski definition) is 3. The van der Waals surface area contributed by atoms with Crippen LogP contribution in [0.1, 0.15) is 36.2 Å². The Morgan fingerprint density at radius 2 is 2.15 bits per heavy atom. The van der Waals surface area contributed by atoms with Crippen molar-refractivity contribution in [2.24, 2.45) is 5.92 Å². The number of aryl methyl sites for hydroxylation is 1. The normalized spacial score (nSPS) is 26.1. The van der Waals surface area contributed by atoms with Crippen LogP contribution in [0.5, 0.6) is 5.75 Å². The predicted molar refractivity (Wildman–Crippen MR) is 80.2 cm³/mol. The third-order valence-electron chi connectivity index (χ3n) is 4.19. The van der Waals surface area contributed by atoms with Crippen molar-refractivity contribution in [3.05, 3.63) is 29.3 Å². The van der Waals surface area contributed by atoms with E-state index in [9.17, 15) is 4.79 Å². The molecule has 1 aromatic carbocycles. The summed E-state index contributed by atoms with van der Waals surface area (Å²) in [6, 6.07) is 6.04. The van der Waals surface area contributed by atoms with Gasteiger partial charge in [0.05, 0.1) is 7.11 Å². The molecular weight excluding hydrogens is 252 g/mol. The lowest BCUT2D eigenvalue weighted by Crippen LogP contribution is -2.55. The minimum Gasteiger partial charge on any atom is -0.496 e. The molecule has 20 heavy (non-hydrogen) atoms. The molecule has 1 fully saturated rings. The van der Waals surface area contributed by atoms with Crippen molar-refractivity contribution in [1.29, 1.82) is 0 Å². The van der Waals surface area contributed by atoms with Gasteiger partial charge >= 0.3 is 0 Å². The summed E-state index contributed by atoms with van der Waals surface area (Å²) in [6.45, 7) is 7.30. The van der Waals surface area contributed by atoms with Gasteiger partial charge in [-0.2, -0.15) is 0 Å². The molecule has 0 spiro atoms. The molecule has 2 N–H and O–H groups in total. The van der Waals surface area contributed by atoms with Gasteiger partial charge in [-0.1, -0.05) is 13.0 Å². The minimum absolute atomic E-state index is 0.0318. The largest absolute Gasteiger partial charge is 0.496 e. The number of ether oxygens (including phenoxy) is 1. The first kappa shape index (κ1) is 14.9. The molecule has 0 saturated carbocycles. The second-order valence-corrected chi connectivity index (χ2v) is 5.69. The van der Waals surface area contributed by atoms with Crippen LogP contribution in [0.3, 0.4) is 0 Å². The SMILES string of the molecule is COc1cc(C(=O)NC2C(C)CCNC2C)ccc1C. The molecule has 0 radical (unpaired) electrons. The Morgan fingerprint density at radius 3 is 2.80 bits per heavy atom. The van der Waals surface area contributed by atoms with E-state index in [1.807, 2.05) is 19.1 Å². The highest BCUT2D eigenvalue weighted by Crippen LogP contribution is 2.20. The lowest BCUT2D eigenvalue weighted by molar-refractivity contribution is 0.0897. The molecular formula is C16H24N2O2. The second kappa shape index (κ2) is 6.27. The van der Waals surface area contributed by atoms with Crippen molar-refractivity contribution in [3.63, 3.8) is 0 Å². The summed E-state index contributed by atoms with van der Waals surface area (Å²) >= 11 is 0. The monoisotopic (exact) mass is 276 g/mol. The van der Waals surface area contributed by atoms with E-state index in [2.05, 4.69) is 24.5 Å². The van der Waals surface area contributed by atoms with Gasteiger partial charge in [0.15, 0.2) is 0 Å². The number of rotatable bonds is 3. The number of carbonyl (C=O) groups excluding carboxylic acids is 1. The molecule has 0 bridgehead atoms. The molecule has 2 rings (SSSR count). The maximum Gasteiger partial charge on any atom is 0.251 e. The van der Waals surface area contributed by atoms with E-state index < -0.39 is 0 Å². The van der Waals surface area contributed by atoms with E-state index in [1.165, 1.54) is 0 Å². The van der Waals surface area contributed by atoms with Gasteiger partial charge < -0.3 is 15.4 Å². The zero-order valence-corrected chi connectivity index (χ0v) is 12.7. The first-order valence-electron chi connectivity index (χ1n) is 7.22. The molecule has 110 valence electrons. The van der Waals surface area contributed by atoms with Gasteiger partial charge in [-0.25, -0.2) is 0 Å². The van der Waals surface area contributed by atoms with E-state index in [-0.39, 0.29) is 11.9 Å². The van der Waals surface area contributed by atoms with Crippen molar-refractivity contribution >= 4 is 5.91 Å². The van der Waals surface area contributed by atoms with Gasteiger partial charge in [-0.15, -0.1) is 0 Å². The molecule has 1 heterocycles. The first-order chi connectivity index (χ1) is 9.52. The van der Waals surface area contributed by atoms with Crippen LogP contribution in [0.4, 0.5) is 0 Å². The number of piperidine rings is 1. The fourth-order valence-electron chi connectivity index (χ4n) is 2.80. The average molecular weight is 276 g/mol. The van der Waals surface area contributed by atoms with E-state index in [0.717, 1.165) is 24.3 Å². The number of carbonyl (C=O) groups is 1. The van der Waals surface area contributed by atoms with Crippen molar-refractivity contribution in [2.45, 2.75) is 39.3 Å². The average Bonchev–Trinajstić information content (AvgIpc) is 2.43. The number of amides is 1. The standard InChI is InChI=1S/C16H24N2O2/c1-10-5-6-13(9-14(10)20-4)16(19)18-15-11(2)7-8-17-12(15)3/h5-6,9,11-12,15,17H,7-8H2,1-4H3,(H,18,19). The van der Waals surface area contributed by atoms with Gasteiger partial charge in [0, 0.05) is 17.6 Å². The zero-order valence-electron chi connectivity index (χ0n) is 12.7. The Bertz CT molecular complexity index is 477. The maximum absolute atomic E-state index is 12.4. The van der Waals surface area contributed by atoms with Crippen molar-refractivity contribution in [1.82, 2.24) is 10.6 Å². The number of methoxy groups -OCH3 is 1. The van der Waals surface area contributed by atoms with Crippen LogP contribution in [0.2, 0.25) is 0 Å². The summed E-state index contributed by atoms with van der Waals surface area (Å²) in [5, 5.41) is 6.56. The summed E-state index contributed by atoms with van der Waals surface area (Å²) in [5.74, 6) is 1.21.